The van der Waals surface area contributed by atoms with Crippen LogP contribution < -0.4 is 15.5 Å². The van der Waals surface area contributed by atoms with Gasteiger partial charge in [-0.2, -0.15) is 5.10 Å². The molecule has 1 aromatic rings. The highest BCUT2D eigenvalue weighted by molar-refractivity contribution is 6.06. The zero-order valence-electron chi connectivity index (χ0n) is 10.2. The molecule has 1 amide bonds. The van der Waals surface area contributed by atoms with Crippen molar-refractivity contribution in [1.82, 2.24) is 5.43 Å². The molecule has 2 aliphatic rings. The van der Waals surface area contributed by atoms with Crippen molar-refractivity contribution in [2.75, 3.05) is 18.5 Å². The van der Waals surface area contributed by atoms with Crippen LogP contribution in [0.2, 0.25) is 0 Å². The van der Waals surface area contributed by atoms with Crippen LogP contribution in [0.4, 0.5) is 5.69 Å². The quantitative estimate of drug-likeness (QED) is 0.785. The van der Waals surface area contributed by atoms with Crippen LogP contribution in [0, 0.1) is 5.92 Å². The number of amides is 1. The van der Waals surface area contributed by atoms with E-state index in [0.717, 1.165) is 29.3 Å². The van der Waals surface area contributed by atoms with Crippen molar-refractivity contribution in [2.24, 2.45) is 11.0 Å². The van der Waals surface area contributed by atoms with Gasteiger partial charge in [0.1, 0.15) is 12.4 Å². The molecule has 2 N–H and O–H groups in total. The first-order chi connectivity index (χ1) is 8.74. The van der Waals surface area contributed by atoms with Gasteiger partial charge in [-0.1, -0.05) is 6.92 Å². The fraction of sp³-hybridized carbons (Fsp3) is 0.385. The highest BCUT2D eigenvalue weighted by Crippen LogP contribution is 2.29. The predicted octanol–water partition coefficient (Wildman–Crippen LogP) is 1.35. The number of hydrazone groups is 1. The highest BCUT2D eigenvalue weighted by atomic mass is 16.5. The number of benzene rings is 1. The van der Waals surface area contributed by atoms with Gasteiger partial charge in [0.25, 0.3) is 0 Å². The van der Waals surface area contributed by atoms with Crippen molar-refractivity contribution >= 4 is 17.3 Å². The first-order valence-electron chi connectivity index (χ1n) is 6.11. The molecular formula is C13H15N3O2. The summed E-state index contributed by atoms with van der Waals surface area (Å²) in [6, 6.07) is 5.96. The topological polar surface area (TPSA) is 62.7 Å². The molecule has 0 fully saturated rings. The average Bonchev–Trinajstić information content (AvgIpc) is 2.38. The smallest absolute Gasteiger partial charge is 0.240 e. The third-order valence-corrected chi connectivity index (χ3v) is 3.21. The Hall–Kier alpha value is -2.04. The lowest BCUT2D eigenvalue weighted by Gasteiger charge is -2.22. The predicted molar refractivity (Wildman–Crippen MR) is 68.9 cm³/mol. The number of nitrogens with zero attached hydrogens (tertiary/aromatic N) is 1. The zero-order chi connectivity index (χ0) is 12.5. The molecule has 2 heterocycles. The van der Waals surface area contributed by atoms with Gasteiger partial charge in [-0.15, -0.1) is 0 Å². The minimum atomic E-state index is -0.0225. The summed E-state index contributed by atoms with van der Waals surface area (Å²) in [5.74, 6) is 0.991. The number of hydrogen-bond donors (Lipinski definition) is 2. The Morgan fingerprint density at radius 2 is 2.33 bits per heavy atom. The zero-order valence-corrected chi connectivity index (χ0v) is 10.2. The van der Waals surface area contributed by atoms with E-state index in [4.69, 9.17) is 4.74 Å². The third-order valence-electron chi connectivity index (χ3n) is 3.21. The first-order valence-corrected chi connectivity index (χ1v) is 6.11. The summed E-state index contributed by atoms with van der Waals surface area (Å²) in [6.45, 7) is 3.52. The minimum absolute atomic E-state index is 0.0225. The van der Waals surface area contributed by atoms with Gasteiger partial charge in [0.2, 0.25) is 5.91 Å². The molecule has 0 bridgehead atoms. The van der Waals surface area contributed by atoms with E-state index in [1.54, 1.807) is 0 Å². The van der Waals surface area contributed by atoms with Crippen LogP contribution in [-0.2, 0) is 4.79 Å². The summed E-state index contributed by atoms with van der Waals surface area (Å²) in [6.07, 6.45) is 0.486. The average molecular weight is 245 g/mol. The summed E-state index contributed by atoms with van der Waals surface area (Å²) in [5, 5.41) is 7.46. The molecule has 94 valence electrons. The summed E-state index contributed by atoms with van der Waals surface area (Å²) in [7, 11) is 0. The second-order valence-corrected chi connectivity index (χ2v) is 4.62. The van der Waals surface area contributed by atoms with Crippen molar-refractivity contribution in [3.63, 3.8) is 0 Å². The normalized spacial score (nSPS) is 22.2. The van der Waals surface area contributed by atoms with Crippen LogP contribution in [0.15, 0.2) is 23.3 Å². The molecule has 0 spiro atoms. The maximum absolute atomic E-state index is 11.2. The highest BCUT2D eigenvalue weighted by Gasteiger charge is 2.22. The van der Waals surface area contributed by atoms with E-state index in [-0.39, 0.29) is 11.8 Å². The summed E-state index contributed by atoms with van der Waals surface area (Å²) in [4.78, 5) is 11.2. The molecule has 5 nitrogen and oxygen atoms in total. The maximum Gasteiger partial charge on any atom is 0.240 e. The second kappa shape index (κ2) is 4.33. The molecule has 1 aromatic carbocycles. The van der Waals surface area contributed by atoms with E-state index in [2.05, 4.69) is 15.8 Å². The summed E-state index contributed by atoms with van der Waals surface area (Å²) in [5.41, 5.74) is 5.48. The summed E-state index contributed by atoms with van der Waals surface area (Å²) < 4.78 is 5.54. The van der Waals surface area contributed by atoms with Gasteiger partial charge in [0, 0.05) is 24.4 Å². The fourth-order valence-electron chi connectivity index (χ4n) is 2.30. The van der Waals surface area contributed by atoms with Gasteiger partial charge in [0.05, 0.1) is 11.4 Å². The molecule has 5 heteroatoms. The fourth-order valence-corrected chi connectivity index (χ4v) is 2.30. The Bertz CT molecular complexity index is 525. The molecule has 1 unspecified atom stereocenters. The number of fused-ring (bicyclic) bond motifs is 1. The number of hydrogen-bond acceptors (Lipinski definition) is 4. The molecule has 0 aliphatic carbocycles. The molecular weight excluding hydrogens is 230 g/mol. The molecule has 1 atom stereocenters. The van der Waals surface area contributed by atoms with E-state index in [0.29, 0.717) is 13.0 Å². The van der Waals surface area contributed by atoms with Crippen molar-refractivity contribution in [1.29, 1.82) is 0 Å². The number of ether oxygens (including phenoxy) is 1. The molecule has 0 saturated carbocycles. The van der Waals surface area contributed by atoms with Gasteiger partial charge >= 0.3 is 0 Å². The Morgan fingerprint density at radius 3 is 3.17 bits per heavy atom. The molecule has 18 heavy (non-hydrogen) atoms. The van der Waals surface area contributed by atoms with E-state index < -0.39 is 0 Å². The van der Waals surface area contributed by atoms with E-state index in [9.17, 15) is 4.79 Å². The van der Waals surface area contributed by atoms with Gasteiger partial charge < -0.3 is 10.1 Å². The van der Waals surface area contributed by atoms with Crippen LogP contribution in [0.1, 0.15) is 18.9 Å². The number of nitrogens with one attached hydrogen (secondary N) is 2. The number of rotatable bonds is 1. The summed E-state index contributed by atoms with van der Waals surface area (Å²) >= 11 is 0. The lowest BCUT2D eigenvalue weighted by molar-refractivity contribution is -0.121. The van der Waals surface area contributed by atoms with E-state index in [1.807, 2.05) is 25.1 Å². The lowest BCUT2D eigenvalue weighted by Crippen LogP contribution is -2.32. The Kier molecular flexibility index (Phi) is 2.66. The molecule has 2 aliphatic heterocycles. The van der Waals surface area contributed by atoms with Gasteiger partial charge in [-0.3, -0.25) is 4.79 Å². The Labute approximate surface area is 105 Å². The van der Waals surface area contributed by atoms with Crippen LogP contribution in [-0.4, -0.2) is 24.8 Å². The van der Waals surface area contributed by atoms with Crippen molar-refractivity contribution in [2.45, 2.75) is 13.3 Å². The SMILES string of the molecule is CC1CC(=O)NN=C1c1ccc2c(c1)NCCO2. The van der Waals surface area contributed by atoms with Crippen molar-refractivity contribution in [3.8, 4) is 5.75 Å². The number of anilines is 1. The Morgan fingerprint density at radius 1 is 1.44 bits per heavy atom. The molecule has 3 rings (SSSR count). The van der Waals surface area contributed by atoms with Gasteiger partial charge in [-0.25, -0.2) is 5.43 Å². The third kappa shape index (κ3) is 1.92. The number of carbonyl (C=O) groups is 1. The van der Waals surface area contributed by atoms with Gasteiger partial charge in [0.15, 0.2) is 0 Å². The number of carbonyl (C=O) groups excluding carboxylic acids is 1. The standard InChI is InChI=1S/C13H15N3O2/c1-8-6-12(17)15-16-13(8)9-2-3-11-10(7-9)14-4-5-18-11/h2-3,7-8,14H,4-6H2,1H3,(H,15,17). The second-order valence-electron chi connectivity index (χ2n) is 4.62. The lowest BCUT2D eigenvalue weighted by atomic mass is 9.93. The maximum atomic E-state index is 11.2. The van der Waals surface area contributed by atoms with E-state index >= 15 is 0 Å². The van der Waals surface area contributed by atoms with Crippen molar-refractivity contribution < 1.29 is 9.53 Å². The van der Waals surface area contributed by atoms with Gasteiger partial charge in [-0.05, 0) is 18.2 Å². The largest absolute Gasteiger partial charge is 0.490 e. The van der Waals surface area contributed by atoms with Crippen LogP contribution in [0.25, 0.3) is 0 Å². The van der Waals surface area contributed by atoms with E-state index in [1.165, 1.54) is 0 Å². The molecule has 0 radical (unpaired) electrons. The Balaban J connectivity index is 1.95. The minimum Gasteiger partial charge on any atom is -0.490 e. The first kappa shape index (κ1) is 11.1. The van der Waals surface area contributed by atoms with Crippen LogP contribution in [0.3, 0.4) is 0 Å². The molecule has 0 saturated heterocycles. The van der Waals surface area contributed by atoms with Crippen LogP contribution >= 0.6 is 0 Å². The van der Waals surface area contributed by atoms with Crippen molar-refractivity contribution in [3.05, 3.63) is 23.8 Å². The monoisotopic (exact) mass is 245 g/mol. The molecule has 0 aromatic heterocycles. The van der Waals surface area contributed by atoms with Crippen LogP contribution in [0.5, 0.6) is 5.75 Å².